The molecule has 0 saturated carbocycles. The predicted molar refractivity (Wildman–Crippen MR) is 176 cm³/mol. The Kier molecular flexibility index (Phi) is 14.0. The quantitative estimate of drug-likeness (QED) is 0.370. The highest BCUT2D eigenvalue weighted by Gasteiger charge is 2.33. The molecule has 3 rings (SSSR count). The molecule has 1 aliphatic rings. The molecule has 258 valence electrons. The van der Waals surface area contributed by atoms with E-state index in [1.54, 1.807) is 41.6 Å². The lowest BCUT2D eigenvalue weighted by Crippen LogP contribution is -2.48. The van der Waals surface area contributed by atoms with Crippen molar-refractivity contribution < 1.29 is 32.6 Å². The van der Waals surface area contributed by atoms with Crippen molar-refractivity contribution in [2.75, 3.05) is 59.3 Å². The first kappa shape index (κ1) is 37.4. The highest BCUT2D eigenvalue weighted by Crippen LogP contribution is 2.29. The molecule has 2 amide bonds. The molecular weight excluding hydrogens is 612 g/mol. The maximum absolute atomic E-state index is 14.3. The van der Waals surface area contributed by atoms with E-state index in [-0.39, 0.29) is 54.1 Å². The van der Waals surface area contributed by atoms with Gasteiger partial charge in [-0.3, -0.25) is 9.59 Å². The smallest absolute Gasteiger partial charge is 0.261 e. The van der Waals surface area contributed by atoms with Crippen LogP contribution >= 0.6 is 0 Å². The maximum atomic E-state index is 14.3. The van der Waals surface area contributed by atoms with Crippen molar-refractivity contribution in [3.63, 3.8) is 0 Å². The van der Waals surface area contributed by atoms with Crippen molar-refractivity contribution in [1.82, 2.24) is 23.7 Å². The number of nitrogens with one attached hydrogen (secondary N) is 1. The molecule has 0 spiro atoms. The molecule has 1 aliphatic heterocycles. The number of likely N-dealkylation sites (N-methyl/N-ethyl adjacent to an activating group) is 1. The predicted octanol–water partition coefficient (Wildman–Crippen LogP) is 2.82. The number of aromatic nitrogens is 2. The SMILES string of the molecule is C[C@@H]1CCCCO[C@@H](CN(C)S(=O)(=O)c2cn(C)cn2)[C@@H](C)CN([C@@H](C)CO)C(=O)c2cc(NC(=O)CCCN(C)C)ccc2O1. The van der Waals surface area contributed by atoms with Crippen LogP contribution in [0.4, 0.5) is 5.69 Å². The number of nitrogens with zero attached hydrogens (tertiary/aromatic N) is 5. The van der Waals surface area contributed by atoms with Crippen molar-refractivity contribution in [2.24, 2.45) is 13.0 Å². The monoisotopic (exact) mass is 664 g/mol. The van der Waals surface area contributed by atoms with Crippen LogP contribution in [0.3, 0.4) is 0 Å². The maximum Gasteiger partial charge on any atom is 0.261 e. The fraction of sp³-hybridized carbons (Fsp3) is 0.656. The van der Waals surface area contributed by atoms with Crippen molar-refractivity contribution in [3.8, 4) is 5.75 Å². The molecule has 2 heterocycles. The summed E-state index contributed by atoms with van der Waals surface area (Å²) in [5.41, 5.74) is 0.751. The second-order valence-corrected chi connectivity index (χ2v) is 14.6. The number of carbonyl (C=O) groups excluding carboxylic acids is 2. The van der Waals surface area contributed by atoms with Crippen LogP contribution in [-0.2, 0) is 26.6 Å². The molecule has 0 radical (unpaired) electrons. The zero-order chi connectivity index (χ0) is 34.0. The lowest BCUT2D eigenvalue weighted by atomic mass is 10.0. The highest BCUT2D eigenvalue weighted by molar-refractivity contribution is 7.89. The van der Waals surface area contributed by atoms with Crippen LogP contribution in [0.5, 0.6) is 5.75 Å². The van der Waals surface area contributed by atoms with Crippen LogP contribution in [-0.4, -0.2) is 121 Å². The number of ether oxygens (including phenoxy) is 2. The van der Waals surface area contributed by atoms with Gasteiger partial charge in [0, 0.05) is 58.0 Å². The van der Waals surface area contributed by atoms with E-state index in [0.717, 1.165) is 19.4 Å². The second kappa shape index (κ2) is 17.2. The number of amides is 2. The van der Waals surface area contributed by atoms with E-state index in [2.05, 4.69) is 10.3 Å². The molecule has 14 heteroatoms. The lowest BCUT2D eigenvalue weighted by Gasteiger charge is -2.35. The molecule has 0 fully saturated rings. The number of imidazole rings is 1. The fourth-order valence-electron chi connectivity index (χ4n) is 5.28. The molecular formula is C32H52N6O7S. The van der Waals surface area contributed by atoms with Gasteiger partial charge in [0.05, 0.1) is 36.7 Å². The van der Waals surface area contributed by atoms with Crippen LogP contribution in [0.15, 0.2) is 35.7 Å². The average molecular weight is 665 g/mol. The minimum absolute atomic E-state index is 0.0513. The Hall–Kier alpha value is -3.04. The molecule has 4 atom stereocenters. The van der Waals surface area contributed by atoms with Gasteiger partial charge < -0.3 is 34.3 Å². The lowest BCUT2D eigenvalue weighted by molar-refractivity contribution is -0.116. The van der Waals surface area contributed by atoms with E-state index in [1.165, 1.54) is 23.9 Å². The molecule has 0 bridgehead atoms. The molecule has 0 unspecified atom stereocenters. The number of hydrogen-bond acceptors (Lipinski definition) is 9. The van der Waals surface area contributed by atoms with Crippen molar-refractivity contribution in [2.45, 2.75) is 76.2 Å². The third kappa shape index (κ3) is 10.5. The van der Waals surface area contributed by atoms with Gasteiger partial charge in [0.15, 0.2) is 5.03 Å². The third-order valence-electron chi connectivity index (χ3n) is 8.14. The standard InChI is InChI=1S/C32H52N6O7S/c1-23-18-38(24(2)21-39)32(41)27-17-26(34-30(40)12-10-15-35(4)5)13-14-28(27)45-25(3)11-8-9-16-44-29(23)19-37(7)46(42,43)31-20-36(6)22-33-31/h13-14,17,20,22-25,29,39H,8-12,15-16,18-19,21H2,1-7H3,(H,34,40)/t23-,24-,25+,29-/m0/s1. The zero-order valence-electron chi connectivity index (χ0n) is 28.3. The summed E-state index contributed by atoms with van der Waals surface area (Å²) in [6.45, 7) is 6.74. The Labute approximate surface area is 273 Å². The minimum Gasteiger partial charge on any atom is -0.490 e. The number of aliphatic hydroxyl groups is 1. The molecule has 46 heavy (non-hydrogen) atoms. The molecule has 2 N–H and O–H groups in total. The van der Waals surface area contributed by atoms with Gasteiger partial charge >= 0.3 is 0 Å². The second-order valence-electron chi connectivity index (χ2n) is 12.6. The van der Waals surface area contributed by atoms with Gasteiger partial charge in [-0.2, -0.15) is 4.31 Å². The van der Waals surface area contributed by atoms with Crippen molar-refractivity contribution in [3.05, 3.63) is 36.3 Å². The summed E-state index contributed by atoms with van der Waals surface area (Å²) < 4.78 is 41.9. The normalized spacial score (nSPS) is 21.0. The van der Waals surface area contributed by atoms with Gasteiger partial charge in [0.25, 0.3) is 15.9 Å². The van der Waals surface area contributed by atoms with Crippen LogP contribution in [0.2, 0.25) is 0 Å². The summed E-state index contributed by atoms with van der Waals surface area (Å²) in [7, 11) is 3.24. The number of sulfonamides is 1. The Balaban J connectivity index is 1.92. The third-order valence-corrected chi connectivity index (χ3v) is 9.85. The molecule has 1 aromatic carbocycles. The van der Waals surface area contributed by atoms with Crippen LogP contribution in [0.25, 0.3) is 0 Å². The summed E-state index contributed by atoms with van der Waals surface area (Å²) in [5, 5.41) is 13.0. The van der Waals surface area contributed by atoms with E-state index in [9.17, 15) is 23.1 Å². The number of anilines is 1. The van der Waals surface area contributed by atoms with Gasteiger partial charge in [-0.1, -0.05) is 6.92 Å². The largest absolute Gasteiger partial charge is 0.490 e. The fourth-order valence-corrected chi connectivity index (χ4v) is 6.42. The van der Waals surface area contributed by atoms with Gasteiger partial charge in [-0.15, -0.1) is 0 Å². The van der Waals surface area contributed by atoms with Crippen LogP contribution in [0, 0.1) is 5.92 Å². The van der Waals surface area contributed by atoms with Crippen LogP contribution in [0.1, 0.15) is 63.2 Å². The molecule has 13 nitrogen and oxygen atoms in total. The molecule has 2 aromatic rings. The highest BCUT2D eigenvalue weighted by atomic mass is 32.2. The Morgan fingerprint density at radius 2 is 1.96 bits per heavy atom. The number of benzene rings is 1. The van der Waals surface area contributed by atoms with Gasteiger partial charge in [-0.05, 0) is 78.4 Å². The first-order valence-corrected chi connectivity index (χ1v) is 17.4. The molecule has 0 aliphatic carbocycles. The number of carbonyl (C=O) groups is 2. The summed E-state index contributed by atoms with van der Waals surface area (Å²) >= 11 is 0. The number of aliphatic hydroxyl groups excluding tert-OH is 1. The minimum atomic E-state index is -3.87. The van der Waals surface area contributed by atoms with E-state index in [1.807, 2.05) is 32.8 Å². The summed E-state index contributed by atoms with van der Waals surface area (Å²) in [4.78, 5) is 34.6. The zero-order valence-corrected chi connectivity index (χ0v) is 29.1. The molecule has 1 aromatic heterocycles. The Morgan fingerprint density at radius 1 is 1.22 bits per heavy atom. The average Bonchev–Trinajstić information content (AvgIpc) is 3.45. The van der Waals surface area contributed by atoms with Gasteiger partial charge in [-0.25, -0.2) is 13.4 Å². The van der Waals surface area contributed by atoms with E-state index >= 15 is 0 Å². The molecule has 0 saturated heterocycles. The number of fused-ring (bicyclic) bond motifs is 1. The summed E-state index contributed by atoms with van der Waals surface area (Å²) in [5.74, 6) is -0.435. The van der Waals surface area contributed by atoms with Gasteiger partial charge in [0.1, 0.15) is 5.75 Å². The van der Waals surface area contributed by atoms with Crippen molar-refractivity contribution in [1.29, 1.82) is 0 Å². The van der Waals surface area contributed by atoms with E-state index < -0.39 is 22.2 Å². The number of aryl methyl sites for hydroxylation is 1. The van der Waals surface area contributed by atoms with E-state index in [0.29, 0.717) is 37.3 Å². The van der Waals surface area contributed by atoms with Crippen LogP contribution < -0.4 is 10.1 Å². The van der Waals surface area contributed by atoms with Crippen molar-refractivity contribution >= 4 is 27.5 Å². The summed E-state index contributed by atoms with van der Waals surface area (Å²) in [6.07, 6.45) is 5.45. The van der Waals surface area contributed by atoms with E-state index in [4.69, 9.17) is 9.47 Å². The number of rotatable bonds is 11. The first-order chi connectivity index (χ1) is 21.7. The Morgan fingerprint density at radius 3 is 2.61 bits per heavy atom. The number of hydrogen-bond donors (Lipinski definition) is 2. The Bertz CT molecular complexity index is 1400. The topological polar surface area (TPSA) is 147 Å². The summed E-state index contributed by atoms with van der Waals surface area (Å²) in [6, 6.07) is 4.51. The van der Waals surface area contributed by atoms with Gasteiger partial charge in [0.2, 0.25) is 5.91 Å². The first-order valence-electron chi connectivity index (χ1n) is 16.0.